The normalized spacial score (nSPS) is 19.2. The minimum Gasteiger partial charge on any atom is -0.497 e. The van der Waals surface area contributed by atoms with Gasteiger partial charge in [-0.25, -0.2) is 4.79 Å². The van der Waals surface area contributed by atoms with Gasteiger partial charge < -0.3 is 19.5 Å². The van der Waals surface area contributed by atoms with E-state index in [1.807, 2.05) is 30.3 Å². The fourth-order valence-electron chi connectivity index (χ4n) is 3.82. The standard InChI is InChI=1S/C26H42N2O5Si/c1-26(2,3)33-25(31)28-22(11-10-12-23(28)29)24(30)27(17-8-9-18-34(5,6)7)19-20-13-15-21(32-4)16-14-20/h8-9,13-16,22-23,29H,10-12,17-19H2,1-7H3/b9-8-. The second kappa shape index (κ2) is 11.9. The highest BCUT2D eigenvalue weighted by atomic mass is 28.3. The van der Waals surface area contributed by atoms with Crippen LogP contribution in [-0.2, 0) is 16.1 Å². The number of aliphatic hydroxyl groups excluding tert-OH is 1. The summed E-state index contributed by atoms with van der Waals surface area (Å²) in [5.41, 5.74) is 0.248. The van der Waals surface area contributed by atoms with E-state index in [0.717, 1.165) is 17.4 Å². The van der Waals surface area contributed by atoms with E-state index in [9.17, 15) is 14.7 Å². The van der Waals surface area contributed by atoms with Crippen molar-refractivity contribution in [3.8, 4) is 5.75 Å². The Morgan fingerprint density at radius 1 is 1.15 bits per heavy atom. The monoisotopic (exact) mass is 490 g/mol. The molecule has 0 radical (unpaired) electrons. The lowest BCUT2D eigenvalue weighted by molar-refractivity contribution is -0.145. The van der Waals surface area contributed by atoms with Gasteiger partial charge in [0, 0.05) is 21.2 Å². The van der Waals surface area contributed by atoms with E-state index < -0.39 is 32.0 Å². The van der Waals surface area contributed by atoms with E-state index >= 15 is 0 Å². The molecular formula is C26H42N2O5Si. The van der Waals surface area contributed by atoms with Crippen molar-refractivity contribution in [3.05, 3.63) is 42.0 Å². The average Bonchev–Trinajstić information content (AvgIpc) is 2.73. The summed E-state index contributed by atoms with van der Waals surface area (Å²) in [6, 6.07) is 7.89. The summed E-state index contributed by atoms with van der Waals surface area (Å²) in [4.78, 5) is 29.6. The van der Waals surface area contributed by atoms with Crippen LogP contribution in [0.3, 0.4) is 0 Å². The number of hydrogen-bond donors (Lipinski definition) is 1. The molecule has 0 saturated carbocycles. The Kier molecular flexibility index (Phi) is 9.76. The van der Waals surface area contributed by atoms with Crippen LogP contribution in [0.5, 0.6) is 5.75 Å². The number of hydrogen-bond acceptors (Lipinski definition) is 5. The predicted molar refractivity (Wildman–Crippen MR) is 137 cm³/mol. The maximum atomic E-state index is 13.8. The Morgan fingerprint density at radius 3 is 2.35 bits per heavy atom. The molecule has 0 aliphatic carbocycles. The van der Waals surface area contributed by atoms with Gasteiger partial charge in [-0.3, -0.25) is 9.69 Å². The molecule has 2 amide bonds. The topological polar surface area (TPSA) is 79.3 Å². The molecule has 1 aliphatic heterocycles. The van der Waals surface area contributed by atoms with Crippen LogP contribution in [0, 0.1) is 0 Å². The fraction of sp³-hybridized carbons (Fsp3) is 0.615. The van der Waals surface area contributed by atoms with Gasteiger partial charge in [0.15, 0.2) is 0 Å². The molecule has 0 bridgehead atoms. The summed E-state index contributed by atoms with van der Waals surface area (Å²) in [5, 5.41) is 10.6. The molecule has 1 aromatic rings. The minimum absolute atomic E-state index is 0.182. The zero-order chi connectivity index (χ0) is 25.5. The van der Waals surface area contributed by atoms with Crippen LogP contribution in [0.15, 0.2) is 36.4 Å². The Balaban J connectivity index is 2.27. The van der Waals surface area contributed by atoms with Crippen molar-refractivity contribution in [3.63, 3.8) is 0 Å². The number of carbonyl (C=O) groups is 2. The molecule has 1 aromatic carbocycles. The van der Waals surface area contributed by atoms with Gasteiger partial charge in [0.05, 0.1) is 7.11 Å². The number of nitrogens with zero attached hydrogens (tertiary/aromatic N) is 2. The number of benzene rings is 1. The van der Waals surface area contributed by atoms with Gasteiger partial charge in [-0.15, -0.1) is 0 Å². The Labute approximate surface area is 205 Å². The highest BCUT2D eigenvalue weighted by Crippen LogP contribution is 2.26. The molecule has 7 nitrogen and oxygen atoms in total. The first-order valence-corrected chi connectivity index (χ1v) is 15.8. The zero-order valence-electron chi connectivity index (χ0n) is 21.8. The fourth-order valence-corrected chi connectivity index (χ4v) is 4.69. The molecule has 1 saturated heterocycles. The molecule has 8 heteroatoms. The van der Waals surface area contributed by atoms with Gasteiger partial charge >= 0.3 is 6.09 Å². The number of carbonyl (C=O) groups excluding carboxylic acids is 2. The number of rotatable bonds is 8. The van der Waals surface area contributed by atoms with Crippen molar-refractivity contribution >= 4 is 20.1 Å². The molecule has 1 fully saturated rings. The number of methoxy groups -OCH3 is 1. The molecule has 1 heterocycles. The third kappa shape index (κ3) is 8.80. The highest BCUT2D eigenvalue weighted by Gasteiger charge is 2.41. The number of likely N-dealkylation sites (tertiary alicyclic amines) is 1. The van der Waals surface area contributed by atoms with Crippen LogP contribution < -0.4 is 4.74 Å². The molecule has 2 atom stereocenters. The first-order valence-electron chi connectivity index (χ1n) is 12.1. The van der Waals surface area contributed by atoms with Crippen molar-refractivity contribution in [1.29, 1.82) is 0 Å². The third-order valence-corrected chi connectivity index (χ3v) is 7.01. The number of ether oxygens (including phenoxy) is 2. The van der Waals surface area contributed by atoms with Crippen molar-refractivity contribution in [2.75, 3.05) is 13.7 Å². The van der Waals surface area contributed by atoms with Gasteiger partial charge in [0.25, 0.3) is 0 Å². The molecule has 190 valence electrons. The quantitative estimate of drug-likeness (QED) is 0.409. The van der Waals surface area contributed by atoms with Crippen LogP contribution in [0.25, 0.3) is 0 Å². The first kappa shape index (κ1) is 27.9. The van der Waals surface area contributed by atoms with E-state index in [1.165, 1.54) is 4.90 Å². The molecule has 34 heavy (non-hydrogen) atoms. The molecule has 0 aromatic heterocycles. The number of aliphatic hydroxyl groups is 1. The summed E-state index contributed by atoms with van der Waals surface area (Å²) < 4.78 is 10.8. The van der Waals surface area contributed by atoms with Crippen molar-refractivity contribution in [2.24, 2.45) is 0 Å². The molecule has 2 unspecified atom stereocenters. The maximum Gasteiger partial charge on any atom is 0.413 e. The van der Waals surface area contributed by atoms with E-state index in [4.69, 9.17) is 9.47 Å². The molecular weight excluding hydrogens is 448 g/mol. The Bertz CT molecular complexity index is 842. The van der Waals surface area contributed by atoms with E-state index in [-0.39, 0.29) is 5.91 Å². The largest absolute Gasteiger partial charge is 0.497 e. The van der Waals surface area contributed by atoms with Crippen LogP contribution in [0.4, 0.5) is 4.79 Å². The van der Waals surface area contributed by atoms with Gasteiger partial charge in [0.1, 0.15) is 23.6 Å². The SMILES string of the molecule is COc1ccc(CN(C/C=C\C[Si](C)(C)C)C(=O)C2CCCC(O)N2C(=O)OC(C)(C)C)cc1. The van der Waals surface area contributed by atoms with Crippen molar-refractivity contribution < 1.29 is 24.2 Å². The predicted octanol–water partition coefficient (Wildman–Crippen LogP) is 5.03. The van der Waals surface area contributed by atoms with Crippen molar-refractivity contribution in [1.82, 2.24) is 9.80 Å². The molecule has 0 spiro atoms. The van der Waals surface area contributed by atoms with Crippen molar-refractivity contribution in [2.45, 2.75) is 90.1 Å². The van der Waals surface area contributed by atoms with Crippen LogP contribution in [-0.4, -0.2) is 66.5 Å². The summed E-state index contributed by atoms with van der Waals surface area (Å²) in [5.74, 6) is 0.571. The summed E-state index contributed by atoms with van der Waals surface area (Å²) in [6.45, 7) is 13.1. The Hall–Kier alpha value is -2.32. The van der Waals surface area contributed by atoms with Crippen LogP contribution >= 0.6 is 0 Å². The maximum absolute atomic E-state index is 13.8. The molecule has 2 rings (SSSR count). The second-order valence-electron chi connectivity index (χ2n) is 11.1. The van der Waals surface area contributed by atoms with E-state index in [2.05, 4.69) is 25.7 Å². The summed E-state index contributed by atoms with van der Waals surface area (Å²) in [6.07, 6.45) is 4.08. The average molecular weight is 491 g/mol. The van der Waals surface area contributed by atoms with Crippen LogP contribution in [0.2, 0.25) is 25.7 Å². The number of allylic oxidation sites excluding steroid dienone is 1. The van der Waals surface area contributed by atoms with Gasteiger partial charge in [0.2, 0.25) is 5.91 Å². The highest BCUT2D eigenvalue weighted by molar-refractivity contribution is 6.76. The number of amides is 2. The molecule has 1 N–H and O–H groups in total. The lowest BCUT2D eigenvalue weighted by Crippen LogP contribution is -2.57. The third-order valence-electron chi connectivity index (χ3n) is 5.55. The summed E-state index contributed by atoms with van der Waals surface area (Å²) >= 11 is 0. The second-order valence-corrected chi connectivity index (χ2v) is 16.6. The lowest BCUT2D eigenvalue weighted by atomic mass is 9.99. The molecule has 1 aliphatic rings. The lowest BCUT2D eigenvalue weighted by Gasteiger charge is -2.41. The minimum atomic E-state index is -1.24. The first-order chi connectivity index (χ1) is 15.8. The summed E-state index contributed by atoms with van der Waals surface area (Å²) in [7, 11) is 0.381. The van der Waals surface area contributed by atoms with Gasteiger partial charge in [-0.1, -0.05) is 43.9 Å². The smallest absolute Gasteiger partial charge is 0.413 e. The van der Waals surface area contributed by atoms with Gasteiger partial charge in [-0.2, -0.15) is 0 Å². The van der Waals surface area contributed by atoms with E-state index in [1.54, 1.807) is 32.8 Å². The van der Waals surface area contributed by atoms with Crippen LogP contribution in [0.1, 0.15) is 45.6 Å². The number of piperidine rings is 1. The van der Waals surface area contributed by atoms with Gasteiger partial charge in [-0.05, 0) is 63.8 Å². The van der Waals surface area contributed by atoms with E-state index in [0.29, 0.717) is 32.4 Å². The zero-order valence-corrected chi connectivity index (χ0v) is 22.8. The Morgan fingerprint density at radius 2 is 1.79 bits per heavy atom.